The van der Waals surface area contributed by atoms with Crippen molar-refractivity contribution in [3.63, 3.8) is 0 Å². The predicted molar refractivity (Wildman–Crippen MR) is 81.6 cm³/mol. The van der Waals surface area contributed by atoms with Crippen LogP contribution in [0.1, 0.15) is 5.56 Å². The molecule has 0 fully saturated rings. The Kier molecular flexibility index (Phi) is 4.27. The van der Waals surface area contributed by atoms with Gasteiger partial charge in [-0.05, 0) is 46.6 Å². The van der Waals surface area contributed by atoms with E-state index in [1.165, 1.54) is 18.5 Å². The zero-order valence-corrected chi connectivity index (χ0v) is 13.9. The molecule has 2 aromatic rings. The van der Waals surface area contributed by atoms with Gasteiger partial charge in [-0.15, -0.1) is 0 Å². The van der Waals surface area contributed by atoms with Gasteiger partial charge < -0.3 is 0 Å². The van der Waals surface area contributed by atoms with Gasteiger partial charge in [0.1, 0.15) is 4.90 Å². The van der Waals surface area contributed by atoms with E-state index in [1.54, 1.807) is 12.1 Å². The van der Waals surface area contributed by atoms with Crippen molar-refractivity contribution in [3.8, 4) is 0 Å². The van der Waals surface area contributed by atoms with Crippen LogP contribution in [0.25, 0.3) is 0 Å². The topological polar surface area (TPSA) is 59.1 Å². The number of hydrogen-bond donors (Lipinski definition) is 1. The summed E-state index contributed by atoms with van der Waals surface area (Å²) in [5.74, 6) is 0. The van der Waals surface area contributed by atoms with Gasteiger partial charge in [-0.1, -0.05) is 22.0 Å². The number of nitrogens with zero attached hydrogens (tertiary/aromatic N) is 1. The van der Waals surface area contributed by atoms with E-state index >= 15 is 0 Å². The fraction of sp³-hybridized carbons (Fsp3) is 0.0833. The maximum atomic E-state index is 12.2. The third-order valence-corrected chi connectivity index (χ3v) is 5.13. The highest BCUT2D eigenvalue weighted by molar-refractivity contribution is 9.10. The van der Waals surface area contributed by atoms with E-state index in [4.69, 9.17) is 0 Å². The molecule has 0 spiro atoms. The van der Waals surface area contributed by atoms with Gasteiger partial charge in [0, 0.05) is 21.3 Å². The molecule has 0 aliphatic heterocycles. The Labute approximate surface area is 128 Å². The van der Waals surface area contributed by atoms with E-state index in [2.05, 4.69) is 41.6 Å². The summed E-state index contributed by atoms with van der Waals surface area (Å²) in [6.07, 6.45) is 2.84. The minimum atomic E-state index is -3.64. The second-order valence-electron chi connectivity index (χ2n) is 3.86. The third-order valence-electron chi connectivity index (χ3n) is 2.50. The first kappa shape index (κ1) is 14.5. The molecule has 0 atom stereocenters. The predicted octanol–water partition coefficient (Wildman–Crippen LogP) is 3.72. The van der Waals surface area contributed by atoms with Crippen molar-refractivity contribution < 1.29 is 8.42 Å². The summed E-state index contributed by atoms with van der Waals surface area (Å²) in [6.45, 7) is 1.83. The molecule has 7 heteroatoms. The SMILES string of the molecule is Cc1c(Br)cccc1NS(=O)(=O)c1cncc(Br)c1. The molecule has 1 N–H and O–H groups in total. The quantitative estimate of drug-likeness (QED) is 0.846. The fourth-order valence-corrected chi connectivity index (χ4v) is 3.45. The van der Waals surface area contributed by atoms with Crippen molar-refractivity contribution in [1.29, 1.82) is 0 Å². The molecule has 19 heavy (non-hydrogen) atoms. The van der Waals surface area contributed by atoms with Gasteiger partial charge in [-0.25, -0.2) is 8.42 Å². The Morgan fingerprint density at radius 1 is 1.21 bits per heavy atom. The van der Waals surface area contributed by atoms with E-state index in [1.807, 2.05) is 13.0 Å². The van der Waals surface area contributed by atoms with Gasteiger partial charge >= 0.3 is 0 Å². The summed E-state index contributed by atoms with van der Waals surface area (Å²) < 4.78 is 28.5. The first-order chi connectivity index (χ1) is 8.90. The summed E-state index contributed by atoms with van der Waals surface area (Å²) in [5, 5.41) is 0. The van der Waals surface area contributed by atoms with Crippen LogP contribution in [0.2, 0.25) is 0 Å². The van der Waals surface area contributed by atoms with Crippen LogP contribution < -0.4 is 4.72 Å². The first-order valence-electron chi connectivity index (χ1n) is 5.28. The lowest BCUT2D eigenvalue weighted by Gasteiger charge is -2.11. The molecule has 0 unspecified atom stereocenters. The number of benzene rings is 1. The molecule has 0 aliphatic rings. The minimum absolute atomic E-state index is 0.112. The van der Waals surface area contributed by atoms with Gasteiger partial charge in [0.2, 0.25) is 0 Å². The maximum absolute atomic E-state index is 12.2. The molecular formula is C12H10Br2N2O2S. The summed E-state index contributed by atoms with van der Waals surface area (Å²) in [6, 6.07) is 6.84. The molecule has 0 aliphatic carbocycles. The third kappa shape index (κ3) is 3.34. The zero-order valence-electron chi connectivity index (χ0n) is 9.89. The molecule has 0 bridgehead atoms. The van der Waals surface area contributed by atoms with E-state index in [9.17, 15) is 8.42 Å². The Hall–Kier alpha value is -0.920. The Balaban J connectivity index is 2.39. The van der Waals surface area contributed by atoms with Crippen LogP contribution in [0.4, 0.5) is 5.69 Å². The second kappa shape index (κ2) is 5.60. The van der Waals surface area contributed by atoms with E-state index in [0.717, 1.165) is 10.0 Å². The monoisotopic (exact) mass is 404 g/mol. The Bertz CT molecular complexity index is 717. The highest BCUT2D eigenvalue weighted by atomic mass is 79.9. The van der Waals surface area contributed by atoms with Crippen LogP contribution in [0.5, 0.6) is 0 Å². The summed E-state index contributed by atoms with van der Waals surface area (Å²) >= 11 is 6.57. The van der Waals surface area contributed by atoms with Crippen molar-refractivity contribution in [2.45, 2.75) is 11.8 Å². The molecule has 100 valence electrons. The van der Waals surface area contributed by atoms with Gasteiger partial charge in [-0.3, -0.25) is 9.71 Å². The van der Waals surface area contributed by atoms with Crippen LogP contribution in [0, 0.1) is 6.92 Å². The van der Waals surface area contributed by atoms with Gasteiger partial charge in [0.25, 0.3) is 10.0 Å². The molecule has 0 saturated heterocycles. The number of sulfonamides is 1. The molecule has 1 aromatic heterocycles. The van der Waals surface area contributed by atoms with Gasteiger partial charge in [0.05, 0.1) is 5.69 Å². The lowest BCUT2D eigenvalue weighted by Crippen LogP contribution is -2.14. The van der Waals surface area contributed by atoms with Crippen molar-refractivity contribution in [3.05, 3.63) is 51.2 Å². The van der Waals surface area contributed by atoms with E-state index in [-0.39, 0.29) is 4.90 Å². The molecule has 4 nitrogen and oxygen atoms in total. The molecule has 1 heterocycles. The van der Waals surface area contributed by atoms with Crippen molar-refractivity contribution in [2.24, 2.45) is 0 Å². The second-order valence-corrected chi connectivity index (χ2v) is 7.31. The van der Waals surface area contributed by atoms with Crippen LogP contribution in [-0.4, -0.2) is 13.4 Å². The number of halogens is 2. The standard InChI is InChI=1S/C12H10Br2N2O2S/c1-8-11(14)3-2-4-12(8)16-19(17,18)10-5-9(13)6-15-7-10/h2-7,16H,1H3. The first-order valence-corrected chi connectivity index (χ1v) is 8.35. The van der Waals surface area contributed by atoms with E-state index < -0.39 is 10.0 Å². The number of nitrogens with one attached hydrogen (secondary N) is 1. The zero-order chi connectivity index (χ0) is 14.0. The number of aromatic nitrogens is 1. The minimum Gasteiger partial charge on any atom is -0.279 e. The molecular weight excluding hydrogens is 396 g/mol. The molecule has 0 radical (unpaired) electrons. The average molecular weight is 406 g/mol. The molecule has 2 rings (SSSR count). The smallest absolute Gasteiger partial charge is 0.263 e. The number of pyridine rings is 1. The maximum Gasteiger partial charge on any atom is 0.263 e. The normalized spacial score (nSPS) is 11.3. The summed E-state index contributed by atoms with van der Waals surface area (Å²) in [7, 11) is -3.64. The lowest BCUT2D eigenvalue weighted by atomic mass is 10.2. The van der Waals surface area contributed by atoms with Crippen LogP contribution in [0.15, 0.2) is 50.5 Å². The summed E-state index contributed by atoms with van der Waals surface area (Å²) in [5.41, 5.74) is 1.36. The van der Waals surface area contributed by atoms with E-state index in [0.29, 0.717) is 10.2 Å². The number of hydrogen-bond acceptors (Lipinski definition) is 3. The summed E-state index contributed by atoms with van der Waals surface area (Å²) in [4.78, 5) is 3.97. The van der Waals surface area contributed by atoms with Gasteiger partial charge in [-0.2, -0.15) is 0 Å². The van der Waals surface area contributed by atoms with Crippen molar-refractivity contribution in [2.75, 3.05) is 4.72 Å². The number of rotatable bonds is 3. The highest BCUT2D eigenvalue weighted by Crippen LogP contribution is 2.26. The van der Waals surface area contributed by atoms with Crippen LogP contribution >= 0.6 is 31.9 Å². The lowest BCUT2D eigenvalue weighted by molar-refractivity contribution is 0.600. The van der Waals surface area contributed by atoms with Gasteiger partial charge in [0.15, 0.2) is 0 Å². The molecule has 0 saturated carbocycles. The van der Waals surface area contributed by atoms with Crippen LogP contribution in [-0.2, 0) is 10.0 Å². The van der Waals surface area contributed by atoms with Crippen molar-refractivity contribution >= 4 is 47.6 Å². The molecule has 1 aromatic carbocycles. The Morgan fingerprint density at radius 2 is 1.95 bits per heavy atom. The highest BCUT2D eigenvalue weighted by Gasteiger charge is 2.16. The molecule has 0 amide bonds. The number of anilines is 1. The average Bonchev–Trinajstić information content (AvgIpc) is 2.35. The Morgan fingerprint density at radius 3 is 2.63 bits per heavy atom. The van der Waals surface area contributed by atoms with Crippen LogP contribution in [0.3, 0.4) is 0 Å². The van der Waals surface area contributed by atoms with Crippen molar-refractivity contribution in [1.82, 2.24) is 4.98 Å². The largest absolute Gasteiger partial charge is 0.279 e. The fourth-order valence-electron chi connectivity index (χ4n) is 1.46.